The smallest absolute Gasteiger partial charge is 0.0696 e. The maximum atomic E-state index is 10.2. The van der Waals surface area contributed by atoms with Gasteiger partial charge in [0.25, 0.3) is 0 Å². The fraction of sp³-hybridized carbons (Fsp3) is 1.00. The Hall–Kier alpha value is -0.160. The van der Waals surface area contributed by atoms with Crippen molar-refractivity contribution in [3.8, 4) is 0 Å². The highest BCUT2D eigenvalue weighted by molar-refractivity contribution is 4.95. The van der Waals surface area contributed by atoms with E-state index in [9.17, 15) is 10.2 Å². The van der Waals surface area contributed by atoms with Crippen molar-refractivity contribution < 1.29 is 15.3 Å². The second-order valence-corrected chi connectivity index (χ2v) is 5.45. The fourth-order valence-electron chi connectivity index (χ4n) is 3.41. The Balaban J connectivity index is 1.95. The quantitative estimate of drug-likeness (QED) is 0.673. The first kappa shape index (κ1) is 13.3. The van der Waals surface area contributed by atoms with Crippen molar-refractivity contribution in [1.82, 2.24) is 4.90 Å². The average Bonchev–Trinajstić information content (AvgIpc) is 2.67. The van der Waals surface area contributed by atoms with E-state index in [0.717, 1.165) is 38.6 Å². The first-order valence-electron chi connectivity index (χ1n) is 6.96. The van der Waals surface area contributed by atoms with E-state index in [1.54, 1.807) is 0 Å². The molecule has 0 saturated carbocycles. The van der Waals surface area contributed by atoms with Gasteiger partial charge in [-0.25, -0.2) is 0 Å². The molecule has 2 heterocycles. The van der Waals surface area contributed by atoms with Crippen LogP contribution in [0.2, 0.25) is 0 Å². The molecule has 4 nitrogen and oxygen atoms in total. The summed E-state index contributed by atoms with van der Waals surface area (Å²) in [6.07, 6.45) is 5.87. The number of rotatable bonds is 4. The zero-order valence-electron chi connectivity index (χ0n) is 10.5. The van der Waals surface area contributed by atoms with Crippen molar-refractivity contribution in [3.63, 3.8) is 0 Å². The predicted molar refractivity (Wildman–Crippen MR) is 65.7 cm³/mol. The van der Waals surface area contributed by atoms with E-state index in [1.807, 2.05) is 0 Å². The molecule has 2 fully saturated rings. The van der Waals surface area contributed by atoms with E-state index in [-0.39, 0.29) is 30.9 Å². The fourth-order valence-corrected chi connectivity index (χ4v) is 3.41. The normalized spacial score (nSPS) is 36.5. The van der Waals surface area contributed by atoms with Gasteiger partial charge in [-0.15, -0.1) is 0 Å². The highest BCUT2D eigenvalue weighted by Crippen LogP contribution is 2.33. The summed E-state index contributed by atoms with van der Waals surface area (Å²) < 4.78 is 0. The summed E-state index contributed by atoms with van der Waals surface area (Å²) in [6, 6.07) is 0.450. The van der Waals surface area contributed by atoms with Crippen LogP contribution in [-0.4, -0.2) is 57.7 Å². The predicted octanol–water partition coefficient (Wildman–Crippen LogP) is 0.498. The molecule has 0 aliphatic carbocycles. The Morgan fingerprint density at radius 2 is 2.00 bits per heavy atom. The topological polar surface area (TPSA) is 63.9 Å². The molecule has 0 radical (unpaired) electrons. The van der Waals surface area contributed by atoms with E-state index in [4.69, 9.17) is 5.11 Å². The standard InChI is InChI=1S/C13H25NO3/c15-9-3-5-13(17)11-7-6-10-12(16)4-1-2-8-14(10)11/h10-13,15-17H,1-9H2/t10-,11-,12-,13-/m0/s1. The van der Waals surface area contributed by atoms with E-state index in [2.05, 4.69) is 4.90 Å². The van der Waals surface area contributed by atoms with Crippen LogP contribution in [0.5, 0.6) is 0 Å². The molecule has 0 amide bonds. The molecular formula is C13H25NO3. The van der Waals surface area contributed by atoms with Crippen LogP contribution < -0.4 is 0 Å². The van der Waals surface area contributed by atoms with Crippen molar-refractivity contribution in [2.24, 2.45) is 0 Å². The number of nitrogens with zero attached hydrogens (tertiary/aromatic N) is 1. The van der Waals surface area contributed by atoms with E-state index >= 15 is 0 Å². The Labute approximate surface area is 103 Å². The number of aliphatic hydroxyl groups excluding tert-OH is 3. The van der Waals surface area contributed by atoms with Crippen LogP contribution in [0.1, 0.15) is 44.9 Å². The van der Waals surface area contributed by atoms with Crippen molar-refractivity contribution in [3.05, 3.63) is 0 Å². The lowest BCUT2D eigenvalue weighted by Gasteiger charge is -2.33. The van der Waals surface area contributed by atoms with Gasteiger partial charge in [-0.3, -0.25) is 4.90 Å². The van der Waals surface area contributed by atoms with Gasteiger partial charge in [0.1, 0.15) is 0 Å². The molecule has 100 valence electrons. The molecule has 0 aromatic heterocycles. The Morgan fingerprint density at radius 3 is 2.76 bits per heavy atom. The Kier molecular flexibility index (Phi) is 4.79. The third-order valence-corrected chi connectivity index (χ3v) is 4.32. The summed E-state index contributed by atoms with van der Waals surface area (Å²) in [4.78, 5) is 2.32. The number of hydrogen-bond acceptors (Lipinski definition) is 4. The average molecular weight is 243 g/mol. The minimum Gasteiger partial charge on any atom is -0.396 e. The zero-order valence-corrected chi connectivity index (χ0v) is 10.5. The molecule has 3 N–H and O–H groups in total. The van der Waals surface area contributed by atoms with E-state index < -0.39 is 0 Å². The maximum Gasteiger partial charge on any atom is 0.0696 e. The number of fused-ring (bicyclic) bond motifs is 1. The minimum atomic E-state index is -0.350. The van der Waals surface area contributed by atoms with Crippen LogP contribution in [0.4, 0.5) is 0 Å². The first-order valence-corrected chi connectivity index (χ1v) is 6.96. The van der Waals surface area contributed by atoms with Crippen LogP contribution >= 0.6 is 0 Å². The summed E-state index contributed by atoms with van der Waals surface area (Å²) >= 11 is 0. The zero-order chi connectivity index (χ0) is 12.3. The number of aliphatic hydroxyl groups is 3. The first-order chi connectivity index (χ1) is 8.24. The lowest BCUT2D eigenvalue weighted by atomic mass is 10.0. The van der Waals surface area contributed by atoms with Crippen molar-refractivity contribution in [2.45, 2.75) is 69.2 Å². The maximum absolute atomic E-state index is 10.2. The molecule has 0 aromatic rings. The van der Waals surface area contributed by atoms with Crippen molar-refractivity contribution in [1.29, 1.82) is 0 Å². The third-order valence-electron chi connectivity index (χ3n) is 4.32. The van der Waals surface area contributed by atoms with Gasteiger partial charge in [-0.2, -0.15) is 0 Å². The molecule has 2 aliphatic heterocycles. The molecule has 2 rings (SSSR count). The molecular weight excluding hydrogens is 218 g/mol. The summed E-state index contributed by atoms with van der Waals surface area (Å²) in [7, 11) is 0. The highest BCUT2D eigenvalue weighted by Gasteiger charge is 2.40. The lowest BCUT2D eigenvalue weighted by Crippen LogP contribution is -2.46. The van der Waals surface area contributed by atoms with Gasteiger partial charge in [-0.1, -0.05) is 0 Å². The summed E-state index contributed by atoms with van der Waals surface area (Å²) in [5.41, 5.74) is 0. The van der Waals surface area contributed by atoms with E-state index in [0.29, 0.717) is 12.8 Å². The number of hydrogen-bond donors (Lipinski definition) is 3. The minimum absolute atomic E-state index is 0.149. The van der Waals surface area contributed by atoms with Gasteiger partial charge in [0, 0.05) is 18.7 Å². The second kappa shape index (κ2) is 6.14. The molecule has 0 aromatic carbocycles. The van der Waals surface area contributed by atoms with E-state index in [1.165, 1.54) is 0 Å². The molecule has 17 heavy (non-hydrogen) atoms. The third kappa shape index (κ3) is 2.99. The Bertz CT molecular complexity index is 237. The molecule has 2 aliphatic rings. The van der Waals surface area contributed by atoms with Crippen molar-refractivity contribution >= 4 is 0 Å². The molecule has 2 saturated heterocycles. The molecule has 0 bridgehead atoms. The summed E-state index contributed by atoms with van der Waals surface area (Å²) in [5, 5.41) is 29.0. The van der Waals surface area contributed by atoms with Crippen LogP contribution in [0.3, 0.4) is 0 Å². The Morgan fingerprint density at radius 1 is 1.18 bits per heavy atom. The SMILES string of the molecule is OCCC[C@H](O)[C@@H]1CC[C@H]2[C@@H](O)CCCCN12. The lowest BCUT2D eigenvalue weighted by molar-refractivity contribution is 0.0175. The molecule has 0 unspecified atom stereocenters. The van der Waals surface area contributed by atoms with Gasteiger partial charge in [-0.05, 0) is 51.5 Å². The van der Waals surface area contributed by atoms with Crippen LogP contribution in [0, 0.1) is 0 Å². The van der Waals surface area contributed by atoms with Gasteiger partial charge < -0.3 is 15.3 Å². The van der Waals surface area contributed by atoms with Gasteiger partial charge in [0.2, 0.25) is 0 Å². The molecule has 4 heteroatoms. The molecule has 4 atom stereocenters. The van der Waals surface area contributed by atoms with Crippen LogP contribution in [-0.2, 0) is 0 Å². The van der Waals surface area contributed by atoms with Crippen LogP contribution in [0.25, 0.3) is 0 Å². The monoisotopic (exact) mass is 243 g/mol. The summed E-state index contributed by atoms with van der Waals surface area (Å²) in [5.74, 6) is 0. The highest BCUT2D eigenvalue weighted by atomic mass is 16.3. The van der Waals surface area contributed by atoms with Gasteiger partial charge >= 0.3 is 0 Å². The molecule has 0 spiro atoms. The largest absolute Gasteiger partial charge is 0.396 e. The summed E-state index contributed by atoms with van der Waals surface area (Å²) in [6.45, 7) is 1.15. The second-order valence-electron chi connectivity index (χ2n) is 5.45. The van der Waals surface area contributed by atoms with Crippen molar-refractivity contribution in [2.75, 3.05) is 13.2 Å². The van der Waals surface area contributed by atoms with Crippen LogP contribution in [0.15, 0.2) is 0 Å². The van der Waals surface area contributed by atoms with Gasteiger partial charge in [0.05, 0.1) is 12.2 Å². The van der Waals surface area contributed by atoms with Gasteiger partial charge in [0.15, 0.2) is 0 Å².